The van der Waals surface area contributed by atoms with Crippen molar-refractivity contribution in [1.82, 2.24) is 8.80 Å². The predicted octanol–water partition coefficient (Wildman–Crippen LogP) is 9.35. The summed E-state index contributed by atoms with van der Waals surface area (Å²) >= 11 is 0. The Balaban J connectivity index is 1.22. The van der Waals surface area contributed by atoms with Crippen LogP contribution in [0.3, 0.4) is 0 Å². The van der Waals surface area contributed by atoms with Gasteiger partial charge in [-0.1, -0.05) is 92.7 Å². The number of rotatable bonds is 0. The van der Waals surface area contributed by atoms with Gasteiger partial charge in [0.25, 0.3) is 6.71 Å². The molecule has 0 spiro atoms. The molecule has 3 aliphatic rings. The molecule has 4 nitrogen and oxygen atoms in total. The fraction of sp³-hybridized carbons (Fsp3) is 0.0667. The molecule has 0 N–H and O–H groups in total. The third-order valence-corrected chi connectivity index (χ3v) is 12.7. The minimum Gasteiger partial charge on any atom is -0.458 e. The van der Waals surface area contributed by atoms with Crippen molar-refractivity contribution in [3.8, 4) is 23.0 Å². The van der Waals surface area contributed by atoms with Gasteiger partial charge in [-0.15, -0.1) is 0 Å². The Bertz CT molecular complexity index is 3200. The van der Waals surface area contributed by atoms with Gasteiger partial charge >= 0.3 is 0 Å². The molecule has 0 saturated carbocycles. The Morgan fingerprint density at radius 2 is 0.900 bits per heavy atom. The molecule has 0 fully saturated rings. The van der Waals surface area contributed by atoms with Crippen LogP contribution in [0.2, 0.25) is 0 Å². The van der Waals surface area contributed by atoms with E-state index in [1.807, 2.05) is 0 Å². The van der Waals surface area contributed by atoms with Gasteiger partial charge in [0.2, 0.25) is 0 Å². The molecule has 4 aromatic heterocycles. The lowest BCUT2D eigenvalue weighted by Crippen LogP contribution is -2.64. The molecule has 0 unspecified atom stereocenters. The number of benzene rings is 7. The van der Waals surface area contributed by atoms with Gasteiger partial charge < -0.3 is 18.3 Å². The second kappa shape index (κ2) is 7.66. The van der Waals surface area contributed by atoms with Crippen LogP contribution in [0.25, 0.3) is 76.2 Å². The van der Waals surface area contributed by atoms with Crippen molar-refractivity contribution >= 4 is 99.3 Å². The van der Waals surface area contributed by atoms with E-state index < -0.39 is 0 Å². The largest absolute Gasteiger partial charge is 0.458 e. The van der Waals surface area contributed by atoms with Crippen molar-refractivity contribution in [2.75, 3.05) is 0 Å². The van der Waals surface area contributed by atoms with E-state index in [0.717, 1.165) is 28.5 Å². The highest BCUT2D eigenvalue weighted by Crippen LogP contribution is 2.52. The maximum absolute atomic E-state index is 7.16. The van der Waals surface area contributed by atoms with Gasteiger partial charge in [0.15, 0.2) is 0 Å². The third-order valence-electron chi connectivity index (χ3n) is 12.7. The van der Waals surface area contributed by atoms with E-state index in [9.17, 15) is 0 Å². The molecule has 0 aliphatic carbocycles. The molecule has 0 amide bonds. The van der Waals surface area contributed by atoms with Crippen LogP contribution in [-0.4, -0.2) is 15.5 Å². The monoisotopic (exact) mass is 636 g/mol. The number of nitrogens with zero attached hydrogens (tertiary/aromatic N) is 2. The van der Waals surface area contributed by atoms with Crippen LogP contribution < -0.4 is 25.9 Å². The molecule has 230 valence electrons. The highest BCUT2D eigenvalue weighted by atomic mass is 16.5. The highest BCUT2D eigenvalue weighted by Gasteiger charge is 2.51. The van der Waals surface area contributed by atoms with Crippen molar-refractivity contribution in [2.24, 2.45) is 0 Å². The van der Waals surface area contributed by atoms with Crippen LogP contribution in [0.4, 0.5) is 0 Å². The van der Waals surface area contributed by atoms with Crippen molar-refractivity contribution in [1.29, 1.82) is 0 Å². The summed E-state index contributed by atoms with van der Waals surface area (Å²) in [6.07, 6.45) is 0. The van der Waals surface area contributed by atoms with Gasteiger partial charge in [-0.25, -0.2) is 0 Å². The second-order valence-corrected chi connectivity index (χ2v) is 15.2. The average Bonchev–Trinajstić information content (AvgIpc) is 3.87. The maximum atomic E-state index is 7.16. The van der Waals surface area contributed by atoms with Crippen molar-refractivity contribution in [3.05, 3.63) is 126 Å². The normalized spacial score (nSPS) is 15.4. The van der Waals surface area contributed by atoms with E-state index >= 15 is 0 Å². The maximum Gasteiger partial charge on any atom is 0.261 e. The number of fused-ring (bicyclic) bond motifs is 14. The Kier molecular flexibility index (Phi) is 3.81. The quantitative estimate of drug-likeness (QED) is 0.155. The van der Waals surface area contributed by atoms with Gasteiger partial charge in [-0.05, 0) is 58.5 Å². The SMILES string of the molecule is CC1(C)c2cc3c(c4c2B2c5c(cccc5Oc5c2c1cc1c5c2cccc5c6ccccc6n1c52)O4)c1cccc2c4ccccc4n3c21. The number of hydrogen-bond acceptors (Lipinski definition) is 2. The Labute approximate surface area is 285 Å². The number of hydrogen-bond donors (Lipinski definition) is 0. The Morgan fingerprint density at radius 3 is 1.42 bits per heavy atom. The van der Waals surface area contributed by atoms with Crippen LogP contribution >= 0.6 is 0 Å². The van der Waals surface area contributed by atoms with Crippen LogP contribution in [0.15, 0.2) is 115 Å². The average molecular weight is 637 g/mol. The first kappa shape index (κ1) is 24.9. The first-order valence-electron chi connectivity index (χ1n) is 17.6. The molecular formula is C45H25BN2O2. The molecule has 3 aliphatic heterocycles. The van der Waals surface area contributed by atoms with Crippen LogP contribution in [0.5, 0.6) is 23.0 Å². The predicted molar refractivity (Wildman–Crippen MR) is 206 cm³/mol. The van der Waals surface area contributed by atoms with E-state index in [4.69, 9.17) is 9.47 Å². The molecule has 7 heterocycles. The van der Waals surface area contributed by atoms with Gasteiger partial charge in [-0.2, -0.15) is 0 Å². The molecule has 14 rings (SSSR count). The summed E-state index contributed by atoms with van der Waals surface area (Å²) in [7, 11) is 0. The molecule has 11 aromatic rings. The summed E-state index contributed by atoms with van der Waals surface area (Å²) in [5.74, 6) is 3.78. The lowest BCUT2D eigenvalue weighted by atomic mass is 9.29. The smallest absolute Gasteiger partial charge is 0.261 e. The summed E-state index contributed by atoms with van der Waals surface area (Å²) in [6, 6.07) is 42.5. The first-order chi connectivity index (χ1) is 24.6. The first-order valence-corrected chi connectivity index (χ1v) is 17.6. The zero-order chi connectivity index (χ0) is 32.4. The number of ether oxygens (including phenoxy) is 2. The molecule has 7 aromatic carbocycles. The molecule has 50 heavy (non-hydrogen) atoms. The van der Waals surface area contributed by atoms with Gasteiger partial charge in [0, 0.05) is 43.2 Å². The minimum absolute atomic E-state index is 0.00847. The van der Waals surface area contributed by atoms with Crippen molar-refractivity contribution in [3.63, 3.8) is 0 Å². The van der Waals surface area contributed by atoms with E-state index in [1.54, 1.807) is 0 Å². The topological polar surface area (TPSA) is 27.3 Å². The van der Waals surface area contributed by atoms with Crippen LogP contribution in [0.1, 0.15) is 25.0 Å². The summed E-state index contributed by atoms with van der Waals surface area (Å²) in [6.45, 7) is 4.81. The summed E-state index contributed by atoms with van der Waals surface area (Å²) < 4.78 is 19.3. The molecule has 0 bridgehead atoms. The zero-order valence-electron chi connectivity index (χ0n) is 27.3. The second-order valence-electron chi connectivity index (χ2n) is 15.2. The zero-order valence-corrected chi connectivity index (χ0v) is 27.3. The van der Waals surface area contributed by atoms with Gasteiger partial charge in [0.1, 0.15) is 23.0 Å². The van der Waals surface area contributed by atoms with E-state index in [2.05, 4.69) is 138 Å². The Morgan fingerprint density at radius 1 is 0.460 bits per heavy atom. The number of para-hydroxylation sites is 4. The molecule has 5 heteroatoms. The standard InChI is InChI=1S/C45H25BN2O2/c1-45(2)28-20-32-36(26-14-7-12-24-22-10-3-5-16-30(22)47(32)41(24)26)43-38(28)46-39-29(45)21-33-37(44(39)50-35-19-9-18-34(49-43)40(35)46)27-15-8-13-25-23-11-4-6-17-31(23)48(33)42(25)27/h3-21H,1-2H3. The van der Waals surface area contributed by atoms with Gasteiger partial charge in [0.05, 0.1) is 43.9 Å². The highest BCUT2D eigenvalue weighted by molar-refractivity contribution is 6.99. The summed E-state index contributed by atoms with van der Waals surface area (Å²) in [5, 5.41) is 10.0. The Hall–Kier alpha value is -6.20. The van der Waals surface area contributed by atoms with E-state index in [1.165, 1.54) is 98.2 Å². The van der Waals surface area contributed by atoms with Crippen molar-refractivity contribution < 1.29 is 9.47 Å². The van der Waals surface area contributed by atoms with Crippen molar-refractivity contribution in [2.45, 2.75) is 19.3 Å². The third kappa shape index (κ3) is 2.41. The fourth-order valence-electron chi connectivity index (χ4n) is 10.7. The molecule has 0 saturated heterocycles. The van der Waals surface area contributed by atoms with E-state index in [0.29, 0.717) is 0 Å². The lowest BCUT2D eigenvalue weighted by Gasteiger charge is -2.44. The van der Waals surface area contributed by atoms with Gasteiger partial charge in [-0.3, -0.25) is 0 Å². The number of aromatic nitrogens is 2. The lowest BCUT2D eigenvalue weighted by molar-refractivity contribution is 0.465. The fourth-order valence-corrected chi connectivity index (χ4v) is 10.7. The minimum atomic E-state index is -0.334. The summed E-state index contributed by atoms with van der Waals surface area (Å²) in [5.41, 5.74) is 13.5. The van der Waals surface area contributed by atoms with Crippen LogP contribution in [0, 0.1) is 0 Å². The van der Waals surface area contributed by atoms with E-state index in [-0.39, 0.29) is 12.1 Å². The molecule has 0 atom stereocenters. The van der Waals surface area contributed by atoms with Crippen LogP contribution in [-0.2, 0) is 5.41 Å². The molecule has 0 radical (unpaired) electrons. The summed E-state index contributed by atoms with van der Waals surface area (Å²) in [4.78, 5) is 0. The molecular weight excluding hydrogens is 611 g/mol.